The molecule has 2 aromatic rings. The highest BCUT2D eigenvalue weighted by Crippen LogP contribution is 2.31. The summed E-state index contributed by atoms with van der Waals surface area (Å²) in [5.41, 5.74) is 8.67. The average Bonchev–Trinajstić information content (AvgIpc) is 3.14. The molecule has 0 radical (unpaired) electrons. The first kappa shape index (κ1) is 15.3. The molecule has 0 aliphatic carbocycles. The lowest BCUT2D eigenvalue weighted by Crippen LogP contribution is -2.32. The molecule has 4 heteroatoms. The van der Waals surface area contributed by atoms with Gasteiger partial charge in [0.15, 0.2) is 0 Å². The zero-order valence-corrected chi connectivity index (χ0v) is 13.8. The van der Waals surface area contributed by atoms with E-state index in [2.05, 4.69) is 32.0 Å². The van der Waals surface area contributed by atoms with E-state index in [-0.39, 0.29) is 17.9 Å². The number of carbonyl (C=O) groups is 1. The Labute approximate surface area is 135 Å². The number of nitrogens with two attached hydrogens (primary N) is 1. The maximum Gasteiger partial charge on any atom is 0.264 e. The molecule has 1 saturated heterocycles. The van der Waals surface area contributed by atoms with Gasteiger partial charge in [-0.3, -0.25) is 4.79 Å². The van der Waals surface area contributed by atoms with Gasteiger partial charge >= 0.3 is 0 Å². The second-order valence-electron chi connectivity index (χ2n) is 6.25. The summed E-state index contributed by atoms with van der Waals surface area (Å²) in [5, 5.41) is 2.01. The summed E-state index contributed by atoms with van der Waals surface area (Å²) in [6.07, 6.45) is 0. The first-order valence-electron chi connectivity index (χ1n) is 7.75. The zero-order chi connectivity index (χ0) is 15.7. The summed E-state index contributed by atoms with van der Waals surface area (Å²) in [4.78, 5) is 15.6. The Morgan fingerprint density at radius 2 is 1.95 bits per heavy atom. The van der Waals surface area contributed by atoms with Crippen LogP contribution in [0.5, 0.6) is 0 Å². The Bertz CT molecular complexity index is 650. The van der Waals surface area contributed by atoms with E-state index in [0.717, 1.165) is 10.4 Å². The summed E-state index contributed by atoms with van der Waals surface area (Å²) in [5.74, 6) is 0.728. The molecule has 1 aliphatic rings. The third-order valence-corrected chi connectivity index (χ3v) is 5.31. The summed E-state index contributed by atoms with van der Waals surface area (Å²) >= 11 is 1.54. The van der Waals surface area contributed by atoms with Crippen LogP contribution in [0.3, 0.4) is 0 Å². The Kier molecular flexibility index (Phi) is 4.32. The van der Waals surface area contributed by atoms with E-state index in [0.29, 0.717) is 19.0 Å². The quantitative estimate of drug-likeness (QED) is 0.943. The van der Waals surface area contributed by atoms with Crippen molar-refractivity contribution in [3.8, 4) is 0 Å². The van der Waals surface area contributed by atoms with E-state index in [9.17, 15) is 4.79 Å². The number of amides is 1. The fourth-order valence-corrected chi connectivity index (χ4v) is 4.16. The number of thiophene rings is 1. The van der Waals surface area contributed by atoms with Crippen LogP contribution in [0.15, 0.2) is 41.8 Å². The van der Waals surface area contributed by atoms with E-state index in [1.54, 1.807) is 0 Å². The van der Waals surface area contributed by atoms with Crippen molar-refractivity contribution >= 4 is 17.2 Å². The molecule has 1 aromatic heterocycles. The number of hydrogen-bond acceptors (Lipinski definition) is 3. The normalized spacial score (nSPS) is 21.5. The van der Waals surface area contributed by atoms with Crippen molar-refractivity contribution in [3.05, 3.63) is 57.8 Å². The fraction of sp³-hybridized carbons (Fsp3) is 0.389. The van der Waals surface area contributed by atoms with Gasteiger partial charge in [-0.25, -0.2) is 0 Å². The third-order valence-electron chi connectivity index (χ3n) is 4.39. The van der Waals surface area contributed by atoms with Crippen LogP contribution in [0.4, 0.5) is 0 Å². The molecule has 0 bridgehead atoms. The lowest BCUT2D eigenvalue weighted by atomic mass is 9.95. The summed E-state index contributed by atoms with van der Waals surface area (Å²) in [6, 6.07) is 12.3. The van der Waals surface area contributed by atoms with Crippen molar-refractivity contribution in [1.82, 2.24) is 4.90 Å². The molecule has 1 aliphatic heterocycles. The number of nitrogens with zero attached hydrogens (tertiary/aromatic N) is 1. The molecule has 0 saturated carbocycles. The van der Waals surface area contributed by atoms with Gasteiger partial charge < -0.3 is 10.6 Å². The van der Waals surface area contributed by atoms with E-state index in [4.69, 9.17) is 5.73 Å². The highest BCUT2D eigenvalue weighted by molar-refractivity contribution is 7.12. The monoisotopic (exact) mass is 314 g/mol. The minimum absolute atomic E-state index is 0.00816. The minimum Gasteiger partial charge on any atom is -0.336 e. The second kappa shape index (κ2) is 6.23. The van der Waals surface area contributed by atoms with E-state index >= 15 is 0 Å². The van der Waals surface area contributed by atoms with Gasteiger partial charge in [-0.05, 0) is 28.5 Å². The summed E-state index contributed by atoms with van der Waals surface area (Å²) < 4.78 is 0. The fourth-order valence-electron chi connectivity index (χ4n) is 3.14. The zero-order valence-electron chi connectivity index (χ0n) is 13.0. The number of carbonyl (C=O) groups excluding carboxylic acids is 1. The van der Waals surface area contributed by atoms with Crippen molar-refractivity contribution in [2.75, 3.05) is 13.1 Å². The predicted octanol–water partition coefficient (Wildman–Crippen LogP) is 3.44. The van der Waals surface area contributed by atoms with Gasteiger partial charge in [-0.1, -0.05) is 44.2 Å². The molecule has 1 amide bonds. The van der Waals surface area contributed by atoms with Gasteiger partial charge in [-0.15, -0.1) is 11.3 Å². The van der Waals surface area contributed by atoms with Gasteiger partial charge in [0.25, 0.3) is 5.91 Å². The first-order chi connectivity index (χ1) is 10.6. The maximum absolute atomic E-state index is 12.8. The van der Waals surface area contributed by atoms with Crippen molar-refractivity contribution in [3.63, 3.8) is 0 Å². The van der Waals surface area contributed by atoms with Crippen molar-refractivity contribution < 1.29 is 4.79 Å². The first-order valence-corrected chi connectivity index (χ1v) is 8.63. The van der Waals surface area contributed by atoms with Crippen LogP contribution >= 0.6 is 11.3 Å². The van der Waals surface area contributed by atoms with Crippen LogP contribution in [0.25, 0.3) is 0 Å². The molecule has 3 nitrogen and oxygen atoms in total. The second-order valence-corrected chi connectivity index (χ2v) is 7.17. The van der Waals surface area contributed by atoms with Crippen LogP contribution in [0.1, 0.15) is 46.5 Å². The Morgan fingerprint density at radius 3 is 2.64 bits per heavy atom. The summed E-state index contributed by atoms with van der Waals surface area (Å²) in [6.45, 7) is 5.59. The SMILES string of the molecule is CC(C)c1ccsc1C(=O)N1C[C@@H](N)[C@H](c2ccccc2)C1. The van der Waals surface area contributed by atoms with E-state index < -0.39 is 0 Å². The van der Waals surface area contributed by atoms with Gasteiger partial charge in [0.2, 0.25) is 0 Å². The summed E-state index contributed by atoms with van der Waals surface area (Å²) in [7, 11) is 0. The molecule has 2 heterocycles. The molecular weight excluding hydrogens is 292 g/mol. The number of benzene rings is 1. The lowest BCUT2D eigenvalue weighted by molar-refractivity contribution is 0.0792. The van der Waals surface area contributed by atoms with Crippen LogP contribution in [-0.2, 0) is 0 Å². The van der Waals surface area contributed by atoms with Gasteiger partial charge in [0.1, 0.15) is 0 Å². The Balaban J connectivity index is 1.79. The highest BCUT2D eigenvalue weighted by Gasteiger charge is 2.35. The third kappa shape index (κ3) is 2.81. The highest BCUT2D eigenvalue weighted by atomic mass is 32.1. The van der Waals surface area contributed by atoms with E-state index in [1.165, 1.54) is 16.9 Å². The standard InChI is InChI=1S/C18H22N2OS/c1-12(2)14-8-9-22-17(14)18(21)20-10-15(16(19)11-20)13-6-4-3-5-7-13/h3-9,12,15-16H,10-11,19H2,1-2H3/t15-,16+/m0/s1. The lowest BCUT2D eigenvalue weighted by Gasteiger charge is -2.17. The Hall–Kier alpha value is -1.65. The molecule has 2 N–H and O–H groups in total. The van der Waals surface area contributed by atoms with Gasteiger partial charge in [0, 0.05) is 25.0 Å². The minimum atomic E-state index is 0.00816. The number of rotatable bonds is 3. The van der Waals surface area contributed by atoms with Crippen LogP contribution in [0.2, 0.25) is 0 Å². The molecule has 3 rings (SSSR count). The van der Waals surface area contributed by atoms with Crippen LogP contribution < -0.4 is 5.73 Å². The van der Waals surface area contributed by atoms with Crippen molar-refractivity contribution in [2.45, 2.75) is 31.7 Å². The maximum atomic E-state index is 12.8. The molecule has 2 atom stereocenters. The van der Waals surface area contributed by atoms with E-state index in [1.807, 2.05) is 28.5 Å². The largest absolute Gasteiger partial charge is 0.336 e. The number of likely N-dealkylation sites (tertiary alicyclic amines) is 1. The molecular formula is C18H22N2OS. The Morgan fingerprint density at radius 1 is 1.23 bits per heavy atom. The number of hydrogen-bond donors (Lipinski definition) is 1. The smallest absolute Gasteiger partial charge is 0.264 e. The van der Waals surface area contributed by atoms with Gasteiger partial charge in [0.05, 0.1) is 4.88 Å². The van der Waals surface area contributed by atoms with Gasteiger partial charge in [-0.2, -0.15) is 0 Å². The van der Waals surface area contributed by atoms with Crippen molar-refractivity contribution in [2.24, 2.45) is 5.73 Å². The van der Waals surface area contributed by atoms with Crippen LogP contribution in [0, 0.1) is 0 Å². The predicted molar refractivity (Wildman–Crippen MR) is 91.5 cm³/mol. The van der Waals surface area contributed by atoms with Crippen molar-refractivity contribution in [1.29, 1.82) is 0 Å². The topological polar surface area (TPSA) is 46.3 Å². The van der Waals surface area contributed by atoms with Crippen LogP contribution in [-0.4, -0.2) is 29.9 Å². The molecule has 0 unspecified atom stereocenters. The molecule has 1 aromatic carbocycles. The molecule has 116 valence electrons. The molecule has 1 fully saturated rings. The molecule has 0 spiro atoms. The molecule has 22 heavy (non-hydrogen) atoms. The average molecular weight is 314 g/mol.